The normalized spacial score (nSPS) is 11.0. The van der Waals surface area contributed by atoms with Gasteiger partial charge < -0.3 is 20.7 Å². The molecule has 0 saturated carbocycles. The number of esters is 1. The first-order valence-electron chi connectivity index (χ1n) is 9.84. The molecule has 0 heterocycles. The van der Waals surface area contributed by atoms with E-state index >= 15 is 0 Å². The molecule has 2 aromatic carbocycles. The Morgan fingerprint density at radius 1 is 1.06 bits per heavy atom. The van der Waals surface area contributed by atoms with E-state index in [1.807, 2.05) is 32.0 Å². The first kappa shape index (κ1) is 30.1. The van der Waals surface area contributed by atoms with Crippen LogP contribution in [0.3, 0.4) is 0 Å². The lowest BCUT2D eigenvalue weighted by Crippen LogP contribution is -2.21. The summed E-state index contributed by atoms with van der Waals surface area (Å²) in [6.07, 6.45) is -4.22. The molecular formula is C23H27F3N2O6. The minimum Gasteiger partial charge on any atom is -0.481 e. The number of benzene rings is 2. The average Bonchev–Trinajstić information content (AvgIpc) is 2.77. The fraction of sp³-hybridized carbons (Fsp3) is 0.304. The van der Waals surface area contributed by atoms with Gasteiger partial charge in [-0.2, -0.15) is 13.2 Å². The van der Waals surface area contributed by atoms with Gasteiger partial charge in [-0.3, -0.25) is 10.2 Å². The summed E-state index contributed by atoms with van der Waals surface area (Å²) in [5, 5.41) is 23.2. The van der Waals surface area contributed by atoms with Crippen molar-refractivity contribution in [1.29, 1.82) is 5.41 Å². The summed E-state index contributed by atoms with van der Waals surface area (Å²) in [5.74, 6) is -3.86. The van der Waals surface area contributed by atoms with Crippen molar-refractivity contribution in [3.63, 3.8) is 0 Å². The zero-order chi connectivity index (χ0) is 26.5. The smallest absolute Gasteiger partial charge is 0.481 e. The second kappa shape index (κ2) is 14.3. The molecule has 2 rings (SSSR count). The van der Waals surface area contributed by atoms with Crippen molar-refractivity contribution in [3.05, 3.63) is 70.8 Å². The number of nitrogens with one attached hydrogen (secondary N) is 1. The quantitative estimate of drug-likeness (QED) is 0.270. The molecule has 186 valence electrons. The maximum Gasteiger partial charge on any atom is 0.490 e. The fourth-order valence-electron chi connectivity index (χ4n) is 2.48. The first-order chi connectivity index (χ1) is 15.7. The number of carboxylic acid groups (broad SMARTS) is 2. The number of hydrogen-bond donors (Lipinski definition) is 4. The second-order valence-electron chi connectivity index (χ2n) is 6.90. The number of alkyl halides is 3. The zero-order valence-corrected chi connectivity index (χ0v) is 18.8. The molecule has 2 aromatic rings. The number of carbonyl (C=O) groups excluding carboxylic acids is 1. The number of aliphatic carboxylic acids is 2. The molecule has 0 aliphatic carbocycles. The van der Waals surface area contributed by atoms with Crippen LogP contribution in [-0.2, 0) is 14.3 Å². The molecule has 0 fully saturated rings. The summed E-state index contributed by atoms with van der Waals surface area (Å²) in [5.41, 5.74) is 8.69. The van der Waals surface area contributed by atoms with Crippen molar-refractivity contribution < 1.29 is 42.5 Å². The van der Waals surface area contributed by atoms with E-state index in [1.54, 1.807) is 30.3 Å². The molecule has 0 spiro atoms. The van der Waals surface area contributed by atoms with Gasteiger partial charge in [-0.25, -0.2) is 9.59 Å². The summed E-state index contributed by atoms with van der Waals surface area (Å²) in [7, 11) is 1.38. The molecule has 0 aliphatic heterocycles. The van der Waals surface area contributed by atoms with Crippen LogP contribution in [0.25, 0.3) is 0 Å². The predicted molar refractivity (Wildman–Crippen MR) is 119 cm³/mol. The van der Waals surface area contributed by atoms with E-state index in [-0.39, 0.29) is 24.1 Å². The molecule has 11 heteroatoms. The maximum atomic E-state index is 10.9. The Morgan fingerprint density at radius 2 is 1.59 bits per heavy atom. The number of carboxylic acids is 2. The van der Waals surface area contributed by atoms with E-state index in [0.29, 0.717) is 11.1 Å². The Morgan fingerprint density at radius 3 is 1.97 bits per heavy atom. The molecule has 0 amide bonds. The third-order valence-electron chi connectivity index (χ3n) is 4.30. The third-order valence-corrected chi connectivity index (χ3v) is 4.30. The average molecular weight is 484 g/mol. The highest BCUT2D eigenvalue weighted by Crippen LogP contribution is 2.23. The van der Waals surface area contributed by atoms with Crippen LogP contribution in [0.2, 0.25) is 0 Å². The molecule has 5 N–H and O–H groups in total. The number of nitrogens with two attached hydrogens (primary N) is 1. The van der Waals surface area contributed by atoms with E-state index in [9.17, 15) is 22.8 Å². The van der Waals surface area contributed by atoms with Crippen LogP contribution in [0.5, 0.6) is 0 Å². The number of rotatable bonds is 6. The number of methoxy groups -OCH3 is 1. The van der Waals surface area contributed by atoms with Gasteiger partial charge in [0.05, 0.1) is 19.1 Å². The van der Waals surface area contributed by atoms with Crippen molar-refractivity contribution in [2.24, 2.45) is 5.73 Å². The van der Waals surface area contributed by atoms with E-state index in [1.165, 1.54) is 7.11 Å². The maximum absolute atomic E-state index is 10.9. The highest BCUT2D eigenvalue weighted by Gasteiger charge is 2.38. The van der Waals surface area contributed by atoms with Crippen LogP contribution in [-0.4, -0.2) is 47.2 Å². The first-order valence-corrected chi connectivity index (χ1v) is 9.84. The number of halogens is 3. The Bertz CT molecular complexity index is 975. The fourth-order valence-corrected chi connectivity index (χ4v) is 2.48. The predicted octanol–water partition coefficient (Wildman–Crippen LogP) is 4.35. The number of ether oxygens (including phenoxy) is 1. The van der Waals surface area contributed by atoms with Gasteiger partial charge in [0, 0.05) is 5.56 Å². The number of amidine groups is 1. The molecule has 1 atom stereocenters. The van der Waals surface area contributed by atoms with E-state index in [2.05, 4.69) is 4.74 Å². The van der Waals surface area contributed by atoms with E-state index < -0.39 is 18.1 Å². The van der Waals surface area contributed by atoms with Gasteiger partial charge in [-0.1, -0.05) is 42.8 Å². The van der Waals surface area contributed by atoms with Crippen LogP contribution in [0, 0.1) is 12.3 Å². The minimum absolute atomic E-state index is 0.00651. The highest BCUT2D eigenvalue weighted by molar-refractivity contribution is 5.95. The lowest BCUT2D eigenvalue weighted by atomic mass is 9.92. The molecule has 34 heavy (non-hydrogen) atoms. The topological polar surface area (TPSA) is 151 Å². The Kier molecular flexibility index (Phi) is 12.7. The van der Waals surface area contributed by atoms with Crippen LogP contribution in [0.15, 0.2) is 48.5 Å². The monoisotopic (exact) mass is 484 g/mol. The molecular weight excluding hydrogens is 457 g/mol. The van der Waals surface area contributed by atoms with Gasteiger partial charge in [0.2, 0.25) is 0 Å². The van der Waals surface area contributed by atoms with Gasteiger partial charge in [-0.05, 0) is 43.0 Å². The van der Waals surface area contributed by atoms with Crippen LogP contribution < -0.4 is 5.73 Å². The highest BCUT2D eigenvalue weighted by atomic mass is 19.4. The van der Waals surface area contributed by atoms with Crippen molar-refractivity contribution in [3.8, 4) is 0 Å². The number of carbonyl (C=O) groups is 3. The van der Waals surface area contributed by atoms with Gasteiger partial charge in [0.15, 0.2) is 0 Å². The second-order valence-corrected chi connectivity index (χ2v) is 6.90. The Balaban J connectivity index is 0.000000524. The molecule has 1 unspecified atom stereocenters. The van der Waals surface area contributed by atoms with Gasteiger partial charge in [0.25, 0.3) is 0 Å². The van der Waals surface area contributed by atoms with Crippen LogP contribution in [0.4, 0.5) is 13.2 Å². The van der Waals surface area contributed by atoms with Gasteiger partial charge >= 0.3 is 24.1 Å². The standard InChI is InChI=1S/C12H16N2O2.C9H10O2.C2HF3O2/c1-2-8(7-11(15)16)9-4-3-5-10(6-9)12(13)14;1-7-3-5-8(6-4-7)9(10)11-2;3-2(4,5)1(6)7/h3-6,8H,2,7H2,1H3,(H3,13,14)(H,15,16);3-6H,1-2H3;(H,6,7). The lowest BCUT2D eigenvalue weighted by molar-refractivity contribution is -0.192. The van der Waals surface area contributed by atoms with Crippen molar-refractivity contribution in [1.82, 2.24) is 0 Å². The SMILES string of the molecule is CCC(CC(=O)O)c1cccc(C(=N)N)c1.COC(=O)c1ccc(C)cc1.O=C(O)C(F)(F)F. The molecule has 0 bridgehead atoms. The number of aryl methyl sites for hydroxylation is 1. The van der Waals surface area contributed by atoms with Crippen molar-refractivity contribution >= 4 is 23.7 Å². The summed E-state index contributed by atoms with van der Waals surface area (Å²) >= 11 is 0. The third kappa shape index (κ3) is 11.7. The van der Waals surface area contributed by atoms with Crippen LogP contribution >= 0.6 is 0 Å². The molecule has 0 saturated heterocycles. The zero-order valence-electron chi connectivity index (χ0n) is 18.8. The van der Waals surface area contributed by atoms with E-state index in [0.717, 1.165) is 17.5 Å². The summed E-state index contributed by atoms with van der Waals surface area (Å²) in [6.45, 7) is 3.93. The Labute approximate surface area is 194 Å². The lowest BCUT2D eigenvalue weighted by Gasteiger charge is -2.13. The summed E-state index contributed by atoms with van der Waals surface area (Å²) in [4.78, 5) is 30.5. The molecule has 0 aliphatic rings. The number of hydrogen-bond acceptors (Lipinski definition) is 5. The van der Waals surface area contributed by atoms with E-state index in [4.69, 9.17) is 26.2 Å². The molecule has 0 radical (unpaired) electrons. The largest absolute Gasteiger partial charge is 0.490 e. The Hall–Kier alpha value is -3.89. The summed E-state index contributed by atoms with van der Waals surface area (Å²) < 4.78 is 36.3. The number of nitrogen functional groups attached to an aromatic ring is 1. The molecule has 0 aromatic heterocycles. The van der Waals surface area contributed by atoms with Crippen LogP contribution in [0.1, 0.15) is 52.7 Å². The summed E-state index contributed by atoms with van der Waals surface area (Å²) in [6, 6.07) is 14.5. The van der Waals surface area contributed by atoms with Gasteiger partial charge in [0.1, 0.15) is 5.84 Å². The minimum atomic E-state index is -5.08. The van der Waals surface area contributed by atoms with Gasteiger partial charge in [-0.15, -0.1) is 0 Å². The van der Waals surface area contributed by atoms with Crippen molar-refractivity contribution in [2.45, 2.75) is 38.8 Å². The van der Waals surface area contributed by atoms with Crippen molar-refractivity contribution in [2.75, 3.05) is 7.11 Å². The molecule has 8 nitrogen and oxygen atoms in total.